The molecule has 1 aliphatic rings. The Morgan fingerprint density at radius 3 is 2.23 bits per heavy atom. The molecule has 0 unspecified atom stereocenters. The normalized spacial score (nSPS) is 13.2. The molecule has 0 heterocycles. The van der Waals surface area contributed by atoms with E-state index >= 15 is 0 Å². The lowest BCUT2D eigenvalue weighted by Crippen LogP contribution is -2.41. The molecule has 0 fully saturated rings. The SMILES string of the molecule is Nc1cccc(CC[C@H](NC(=O)OCC2c3ccccc3-c3ccccc32)C(=O)O)c1. The van der Waals surface area contributed by atoms with Gasteiger partial charge in [-0.25, -0.2) is 9.59 Å². The smallest absolute Gasteiger partial charge is 0.407 e. The van der Waals surface area contributed by atoms with Gasteiger partial charge in [-0.15, -0.1) is 0 Å². The fraction of sp³-hybridized carbons (Fsp3) is 0.200. The Labute approximate surface area is 180 Å². The summed E-state index contributed by atoms with van der Waals surface area (Å²) >= 11 is 0. The van der Waals surface area contributed by atoms with Crippen molar-refractivity contribution in [3.05, 3.63) is 89.5 Å². The van der Waals surface area contributed by atoms with E-state index in [1.165, 1.54) is 0 Å². The molecule has 0 bridgehead atoms. The standard InChI is InChI=1S/C25H24N2O4/c26-17-7-5-6-16(14-17)12-13-23(24(28)29)27-25(30)31-15-22-20-10-3-1-8-18(20)19-9-2-4-11-21(19)22/h1-11,14,22-23H,12-13,15,26H2,(H,27,30)(H,28,29)/t23-/m0/s1. The van der Waals surface area contributed by atoms with Gasteiger partial charge in [-0.3, -0.25) is 0 Å². The molecule has 158 valence electrons. The van der Waals surface area contributed by atoms with Crippen molar-refractivity contribution in [3.8, 4) is 11.1 Å². The summed E-state index contributed by atoms with van der Waals surface area (Å²) in [5.41, 5.74) is 11.8. The number of aliphatic carboxylic acids is 1. The number of carboxylic acid groups (broad SMARTS) is 1. The van der Waals surface area contributed by atoms with E-state index in [4.69, 9.17) is 10.5 Å². The summed E-state index contributed by atoms with van der Waals surface area (Å²) < 4.78 is 5.46. The Balaban J connectivity index is 1.38. The van der Waals surface area contributed by atoms with Crippen LogP contribution in [0, 0.1) is 0 Å². The van der Waals surface area contributed by atoms with E-state index in [0.29, 0.717) is 12.1 Å². The predicted molar refractivity (Wildman–Crippen MR) is 119 cm³/mol. The number of amides is 1. The number of carboxylic acids is 1. The maximum absolute atomic E-state index is 12.4. The van der Waals surface area contributed by atoms with Gasteiger partial charge in [0.25, 0.3) is 0 Å². The highest BCUT2D eigenvalue weighted by Gasteiger charge is 2.29. The molecule has 0 saturated carbocycles. The lowest BCUT2D eigenvalue weighted by atomic mass is 9.98. The molecule has 0 aliphatic heterocycles. The molecule has 1 atom stereocenters. The van der Waals surface area contributed by atoms with Gasteiger partial charge in [-0.05, 0) is 52.8 Å². The lowest BCUT2D eigenvalue weighted by molar-refractivity contribution is -0.139. The van der Waals surface area contributed by atoms with Crippen LogP contribution in [-0.2, 0) is 16.0 Å². The molecule has 3 aromatic carbocycles. The summed E-state index contributed by atoms with van der Waals surface area (Å²) in [6, 6.07) is 22.3. The van der Waals surface area contributed by atoms with Gasteiger partial charge in [0.1, 0.15) is 12.6 Å². The topological polar surface area (TPSA) is 102 Å². The van der Waals surface area contributed by atoms with Crippen LogP contribution in [0.4, 0.5) is 10.5 Å². The summed E-state index contributed by atoms with van der Waals surface area (Å²) in [5, 5.41) is 12.0. The molecule has 4 rings (SSSR count). The van der Waals surface area contributed by atoms with Crippen molar-refractivity contribution in [1.29, 1.82) is 0 Å². The van der Waals surface area contributed by atoms with E-state index in [0.717, 1.165) is 27.8 Å². The number of ether oxygens (including phenoxy) is 1. The van der Waals surface area contributed by atoms with E-state index in [2.05, 4.69) is 17.4 Å². The zero-order valence-electron chi connectivity index (χ0n) is 17.0. The molecule has 0 aromatic heterocycles. The minimum Gasteiger partial charge on any atom is -0.480 e. The van der Waals surface area contributed by atoms with E-state index in [1.807, 2.05) is 48.5 Å². The third-order valence-electron chi connectivity index (χ3n) is 5.61. The van der Waals surface area contributed by atoms with Crippen LogP contribution in [0.1, 0.15) is 29.0 Å². The van der Waals surface area contributed by atoms with Crippen molar-refractivity contribution in [2.45, 2.75) is 24.8 Å². The monoisotopic (exact) mass is 416 g/mol. The Morgan fingerprint density at radius 2 is 1.61 bits per heavy atom. The number of hydrogen-bond acceptors (Lipinski definition) is 4. The zero-order chi connectivity index (χ0) is 21.8. The molecule has 4 N–H and O–H groups in total. The van der Waals surface area contributed by atoms with E-state index in [1.54, 1.807) is 12.1 Å². The molecule has 6 nitrogen and oxygen atoms in total. The lowest BCUT2D eigenvalue weighted by Gasteiger charge is -2.17. The van der Waals surface area contributed by atoms with Crippen LogP contribution in [0.5, 0.6) is 0 Å². The van der Waals surface area contributed by atoms with Gasteiger partial charge in [0, 0.05) is 11.6 Å². The number of carbonyl (C=O) groups excluding carboxylic acids is 1. The van der Waals surface area contributed by atoms with Gasteiger partial charge in [-0.1, -0.05) is 60.7 Å². The summed E-state index contributed by atoms with van der Waals surface area (Å²) in [7, 11) is 0. The quantitative estimate of drug-likeness (QED) is 0.501. The first-order chi connectivity index (χ1) is 15.0. The van der Waals surface area contributed by atoms with Crippen molar-refractivity contribution >= 4 is 17.7 Å². The van der Waals surface area contributed by atoms with Crippen molar-refractivity contribution in [2.24, 2.45) is 0 Å². The number of alkyl carbamates (subject to hydrolysis) is 1. The molecule has 0 radical (unpaired) electrons. The number of rotatable bonds is 7. The van der Waals surface area contributed by atoms with Crippen LogP contribution < -0.4 is 11.1 Å². The number of carbonyl (C=O) groups is 2. The second kappa shape index (κ2) is 8.92. The number of nitrogens with one attached hydrogen (secondary N) is 1. The maximum Gasteiger partial charge on any atom is 0.407 e. The summed E-state index contributed by atoms with van der Waals surface area (Å²) in [6.45, 7) is 0.140. The predicted octanol–water partition coefficient (Wildman–Crippen LogP) is 4.19. The Morgan fingerprint density at radius 1 is 0.968 bits per heavy atom. The van der Waals surface area contributed by atoms with Gasteiger partial charge in [-0.2, -0.15) is 0 Å². The first-order valence-corrected chi connectivity index (χ1v) is 10.2. The number of aryl methyl sites for hydroxylation is 1. The highest BCUT2D eigenvalue weighted by molar-refractivity contribution is 5.81. The molecule has 0 saturated heterocycles. The summed E-state index contributed by atoms with van der Waals surface area (Å²) in [6.07, 6.45) is -0.0175. The Hall–Kier alpha value is -3.80. The van der Waals surface area contributed by atoms with Crippen LogP contribution in [0.2, 0.25) is 0 Å². The molecule has 6 heteroatoms. The van der Waals surface area contributed by atoms with Gasteiger partial charge >= 0.3 is 12.1 Å². The van der Waals surface area contributed by atoms with Crippen molar-refractivity contribution in [1.82, 2.24) is 5.32 Å². The maximum atomic E-state index is 12.4. The number of anilines is 1. The minimum absolute atomic E-state index is 0.0753. The van der Waals surface area contributed by atoms with Crippen LogP contribution in [0.25, 0.3) is 11.1 Å². The fourth-order valence-electron chi connectivity index (χ4n) is 4.10. The average molecular weight is 416 g/mol. The van der Waals surface area contributed by atoms with E-state index in [9.17, 15) is 14.7 Å². The van der Waals surface area contributed by atoms with Crippen LogP contribution in [-0.4, -0.2) is 29.8 Å². The van der Waals surface area contributed by atoms with Crippen molar-refractivity contribution in [2.75, 3.05) is 12.3 Å². The Bertz CT molecular complexity index is 1070. The third kappa shape index (κ3) is 4.53. The van der Waals surface area contributed by atoms with Gasteiger partial charge < -0.3 is 20.9 Å². The number of benzene rings is 3. The largest absolute Gasteiger partial charge is 0.480 e. The van der Waals surface area contributed by atoms with E-state index < -0.39 is 18.1 Å². The van der Waals surface area contributed by atoms with Crippen LogP contribution in [0.3, 0.4) is 0 Å². The van der Waals surface area contributed by atoms with E-state index in [-0.39, 0.29) is 18.9 Å². The fourth-order valence-corrected chi connectivity index (χ4v) is 4.10. The van der Waals surface area contributed by atoms with Crippen LogP contribution >= 0.6 is 0 Å². The van der Waals surface area contributed by atoms with Crippen molar-refractivity contribution < 1.29 is 19.4 Å². The molecule has 31 heavy (non-hydrogen) atoms. The second-order valence-electron chi connectivity index (χ2n) is 7.64. The third-order valence-corrected chi connectivity index (χ3v) is 5.61. The first-order valence-electron chi connectivity index (χ1n) is 10.2. The number of nitrogen functional groups attached to an aromatic ring is 1. The van der Waals surface area contributed by atoms with Gasteiger partial charge in [0.15, 0.2) is 0 Å². The molecular weight excluding hydrogens is 392 g/mol. The average Bonchev–Trinajstić information content (AvgIpc) is 3.09. The highest BCUT2D eigenvalue weighted by Crippen LogP contribution is 2.44. The molecule has 1 aliphatic carbocycles. The van der Waals surface area contributed by atoms with Gasteiger partial charge in [0.2, 0.25) is 0 Å². The first kappa shape index (κ1) is 20.5. The summed E-state index contributed by atoms with van der Waals surface area (Å²) in [4.78, 5) is 24.0. The zero-order valence-corrected chi connectivity index (χ0v) is 17.0. The minimum atomic E-state index is -1.10. The molecular formula is C25H24N2O4. The van der Waals surface area contributed by atoms with Crippen LogP contribution in [0.15, 0.2) is 72.8 Å². The van der Waals surface area contributed by atoms with Gasteiger partial charge in [0.05, 0.1) is 0 Å². The second-order valence-corrected chi connectivity index (χ2v) is 7.64. The highest BCUT2D eigenvalue weighted by atomic mass is 16.5. The molecule has 3 aromatic rings. The number of fused-ring (bicyclic) bond motifs is 3. The number of nitrogens with two attached hydrogens (primary N) is 1. The summed E-state index contributed by atoms with van der Waals surface area (Å²) in [5.74, 6) is -1.17. The van der Waals surface area contributed by atoms with Crippen molar-refractivity contribution in [3.63, 3.8) is 0 Å². The molecule has 0 spiro atoms. The number of hydrogen-bond donors (Lipinski definition) is 3. The Kier molecular flexibility index (Phi) is 5.89. The molecule has 1 amide bonds.